The molecule has 0 aliphatic rings. The largest absolute Gasteiger partial charge is 0.348 e. The lowest BCUT2D eigenvalue weighted by molar-refractivity contribution is -0.116. The Labute approximate surface area is 135 Å². The van der Waals surface area contributed by atoms with Crippen molar-refractivity contribution in [2.45, 2.75) is 20.4 Å². The zero-order valence-electron chi connectivity index (χ0n) is 13.2. The Morgan fingerprint density at radius 1 is 1.17 bits per heavy atom. The van der Waals surface area contributed by atoms with Gasteiger partial charge in [-0.25, -0.2) is 0 Å². The number of hydrogen-bond acceptors (Lipinski definition) is 3. The van der Waals surface area contributed by atoms with E-state index in [0.29, 0.717) is 17.8 Å². The Hall–Kier alpha value is -2.95. The number of benzene rings is 1. The minimum atomic E-state index is -0.219. The first-order valence-electron chi connectivity index (χ1n) is 7.27. The first kappa shape index (κ1) is 16.4. The summed E-state index contributed by atoms with van der Waals surface area (Å²) in [5, 5.41) is 5.62. The molecule has 2 N–H and O–H groups in total. The molecule has 0 saturated carbocycles. The number of pyridine rings is 1. The van der Waals surface area contributed by atoms with E-state index in [4.69, 9.17) is 0 Å². The molecule has 5 heteroatoms. The van der Waals surface area contributed by atoms with Gasteiger partial charge in [0, 0.05) is 30.7 Å². The van der Waals surface area contributed by atoms with Gasteiger partial charge in [-0.1, -0.05) is 17.7 Å². The number of rotatable bonds is 5. The quantitative estimate of drug-likeness (QED) is 0.834. The van der Waals surface area contributed by atoms with Crippen molar-refractivity contribution >= 4 is 17.5 Å². The van der Waals surface area contributed by atoms with Crippen LogP contribution in [0.1, 0.15) is 29.8 Å². The van der Waals surface area contributed by atoms with Crippen LogP contribution in [-0.2, 0) is 11.3 Å². The van der Waals surface area contributed by atoms with Crippen molar-refractivity contribution in [3.05, 3.63) is 71.6 Å². The Morgan fingerprint density at radius 2 is 2.00 bits per heavy atom. The molecule has 0 aliphatic heterocycles. The number of nitrogens with zero attached hydrogens (tertiary/aromatic N) is 1. The summed E-state index contributed by atoms with van der Waals surface area (Å²) in [7, 11) is 0. The molecule has 0 radical (unpaired) electrons. The SMILES string of the molecule is CC(C)=CC(=O)NCc1cccc(NC(=O)c2cccnc2)c1. The van der Waals surface area contributed by atoms with E-state index >= 15 is 0 Å². The van der Waals surface area contributed by atoms with Gasteiger partial charge in [0.1, 0.15) is 0 Å². The van der Waals surface area contributed by atoms with Crippen LogP contribution in [-0.4, -0.2) is 16.8 Å². The molecular formula is C18H19N3O2. The third-order valence-electron chi connectivity index (χ3n) is 3.00. The topological polar surface area (TPSA) is 71.1 Å². The first-order chi connectivity index (χ1) is 11.0. The van der Waals surface area contributed by atoms with E-state index in [2.05, 4.69) is 15.6 Å². The number of carbonyl (C=O) groups excluding carboxylic acids is 2. The van der Waals surface area contributed by atoms with Gasteiger partial charge in [-0.15, -0.1) is 0 Å². The molecule has 1 aromatic heterocycles. The van der Waals surface area contributed by atoms with Crippen molar-refractivity contribution in [2.24, 2.45) is 0 Å². The summed E-state index contributed by atoms with van der Waals surface area (Å²) in [5.74, 6) is -0.348. The molecule has 1 aromatic carbocycles. The van der Waals surface area contributed by atoms with Crippen LogP contribution in [0.3, 0.4) is 0 Å². The number of amides is 2. The minimum Gasteiger partial charge on any atom is -0.348 e. The number of anilines is 1. The van der Waals surface area contributed by atoms with Gasteiger partial charge in [-0.2, -0.15) is 0 Å². The fourth-order valence-corrected chi connectivity index (χ4v) is 1.96. The standard InChI is InChI=1S/C18H19N3O2/c1-13(2)9-17(22)20-11-14-5-3-7-16(10-14)21-18(23)15-6-4-8-19-12-15/h3-10,12H,11H2,1-2H3,(H,20,22)(H,21,23). The van der Waals surface area contributed by atoms with Crippen LogP contribution in [0.5, 0.6) is 0 Å². The number of hydrogen-bond donors (Lipinski definition) is 2. The Bertz CT molecular complexity index is 720. The number of aromatic nitrogens is 1. The third kappa shape index (κ3) is 5.39. The maximum Gasteiger partial charge on any atom is 0.257 e. The molecule has 23 heavy (non-hydrogen) atoms. The van der Waals surface area contributed by atoms with Gasteiger partial charge in [0.05, 0.1) is 5.56 Å². The predicted octanol–water partition coefficient (Wildman–Crippen LogP) is 2.92. The van der Waals surface area contributed by atoms with E-state index in [9.17, 15) is 9.59 Å². The molecule has 0 fully saturated rings. The molecule has 2 amide bonds. The fourth-order valence-electron chi connectivity index (χ4n) is 1.96. The van der Waals surface area contributed by atoms with Gasteiger partial charge < -0.3 is 10.6 Å². The van der Waals surface area contributed by atoms with E-state index in [1.165, 1.54) is 6.20 Å². The molecule has 0 aliphatic carbocycles. The number of allylic oxidation sites excluding steroid dienone is 1. The molecule has 5 nitrogen and oxygen atoms in total. The van der Waals surface area contributed by atoms with E-state index < -0.39 is 0 Å². The second kappa shape index (κ2) is 7.89. The van der Waals surface area contributed by atoms with Crippen LogP contribution < -0.4 is 10.6 Å². The summed E-state index contributed by atoms with van der Waals surface area (Å²) >= 11 is 0. The molecule has 0 atom stereocenters. The Kier molecular flexibility index (Phi) is 5.63. The van der Waals surface area contributed by atoms with Crippen LogP contribution in [0.25, 0.3) is 0 Å². The molecule has 118 valence electrons. The van der Waals surface area contributed by atoms with Gasteiger partial charge in [0.2, 0.25) is 5.91 Å². The highest BCUT2D eigenvalue weighted by atomic mass is 16.2. The monoisotopic (exact) mass is 309 g/mol. The van der Waals surface area contributed by atoms with E-state index in [0.717, 1.165) is 11.1 Å². The van der Waals surface area contributed by atoms with Crippen molar-refractivity contribution in [1.29, 1.82) is 0 Å². The van der Waals surface area contributed by atoms with Crippen molar-refractivity contribution < 1.29 is 9.59 Å². The van der Waals surface area contributed by atoms with Crippen molar-refractivity contribution in [3.8, 4) is 0 Å². The summed E-state index contributed by atoms with van der Waals surface area (Å²) < 4.78 is 0. The maximum atomic E-state index is 12.1. The van der Waals surface area contributed by atoms with E-state index in [-0.39, 0.29) is 11.8 Å². The third-order valence-corrected chi connectivity index (χ3v) is 3.00. The van der Waals surface area contributed by atoms with Gasteiger partial charge >= 0.3 is 0 Å². The van der Waals surface area contributed by atoms with Gasteiger partial charge in [-0.05, 0) is 43.7 Å². The smallest absolute Gasteiger partial charge is 0.257 e. The highest BCUT2D eigenvalue weighted by Crippen LogP contribution is 2.12. The van der Waals surface area contributed by atoms with Crippen LogP contribution in [0.15, 0.2) is 60.4 Å². The fraction of sp³-hybridized carbons (Fsp3) is 0.167. The molecule has 2 aromatic rings. The van der Waals surface area contributed by atoms with E-state index in [1.54, 1.807) is 30.5 Å². The van der Waals surface area contributed by atoms with Crippen molar-refractivity contribution in [3.63, 3.8) is 0 Å². The summed E-state index contributed by atoms with van der Waals surface area (Å²) in [6.07, 6.45) is 4.68. The zero-order valence-corrected chi connectivity index (χ0v) is 13.2. The van der Waals surface area contributed by atoms with Gasteiger partial charge in [-0.3, -0.25) is 14.6 Å². The highest BCUT2D eigenvalue weighted by Gasteiger charge is 2.06. The lowest BCUT2D eigenvalue weighted by atomic mass is 10.2. The number of nitrogens with one attached hydrogen (secondary N) is 2. The van der Waals surface area contributed by atoms with Crippen molar-refractivity contribution in [1.82, 2.24) is 10.3 Å². The van der Waals surface area contributed by atoms with Crippen LogP contribution in [0, 0.1) is 0 Å². The molecule has 0 bridgehead atoms. The zero-order chi connectivity index (χ0) is 16.7. The Morgan fingerprint density at radius 3 is 2.70 bits per heavy atom. The molecular weight excluding hydrogens is 290 g/mol. The molecule has 0 saturated heterocycles. The summed E-state index contributed by atoms with van der Waals surface area (Å²) in [6, 6.07) is 10.8. The second-order valence-electron chi connectivity index (χ2n) is 5.34. The van der Waals surface area contributed by atoms with Gasteiger partial charge in [0.25, 0.3) is 5.91 Å². The van der Waals surface area contributed by atoms with Crippen molar-refractivity contribution in [2.75, 3.05) is 5.32 Å². The lowest BCUT2D eigenvalue weighted by Gasteiger charge is -2.08. The number of carbonyl (C=O) groups is 2. The predicted molar refractivity (Wildman–Crippen MR) is 89.9 cm³/mol. The summed E-state index contributed by atoms with van der Waals surface area (Å²) in [6.45, 7) is 4.14. The highest BCUT2D eigenvalue weighted by molar-refractivity contribution is 6.04. The minimum absolute atomic E-state index is 0.130. The first-order valence-corrected chi connectivity index (χ1v) is 7.27. The van der Waals surface area contributed by atoms with Crippen LogP contribution in [0.2, 0.25) is 0 Å². The Balaban J connectivity index is 1.98. The summed E-state index contributed by atoms with van der Waals surface area (Å²) in [4.78, 5) is 27.6. The van der Waals surface area contributed by atoms with Gasteiger partial charge in [0.15, 0.2) is 0 Å². The van der Waals surface area contributed by atoms with E-state index in [1.807, 2.05) is 32.0 Å². The van der Waals surface area contributed by atoms with Crippen LogP contribution in [0.4, 0.5) is 5.69 Å². The normalized spacial score (nSPS) is 9.83. The average molecular weight is 309 g/mol. The molecule has 2 rings (SSSR count). The maximum absolute atomic E-state index is 12.1. The molecule has 1 heterocycles. The average Bonchev–Trinajstić information content (AvgIpc) is 2.53. The van der Waals surface area contributed by atoms with Crippen LogP contribution >= 0.6 is 0 Å². The second-order valence-corrected chi connectivity index (χ2v) is 5.34. The molecule has 0 unspecified atom stereocenters. The summed E-state index contributed by atoms with van der Waals surface area (Å²) in [5.41, 5.74) is 3.02. The lowest BCUT2D eigenvalue weighted by Crippen LogP contribution is -2.20. The molecule has 0 spiro atoms.